The maximum atomic E-state index is 10.0. The molecule has 3 aliphatic rings. The van der Waals surface area contributed by atoms with Gasteiger partial charge >= 0.3 is 0 Å². The van der Waals surface area contributed by atoms with Crippen molar-refractivity contribution < 1.29 is 15.3 Å². The van der Waals surface area contributed by atoms with E-state index in [1.165, 1.54) is 24.8 Å². The number of hydrogen-bond donors (Lipinski definition) is 3. The van der Waals surface area contributed by atoms with Crippen molar-refractivity contribution in [3.63, 3.8) is 0 Å². The van der Waals surface area contributed by atoms with E-state index in [2.05, 4.69) is 32.1 Å². The molecule has 5 atom stereocenters. The third-order valence-corrected chi connectivity index (χ3v) is 7.64. The van der Waals surface area contributed by atoms with Gasteiger partial charge < -0.3 is 15.3 Å². The summed E-state index contributed by atoms with van der Waals surface area (Å²) in [7, 11) is 0. The Balaban J connectivity index is 1.67. The summed E-state index contributed by atoms with van der Waals surface area (Å²) in [5.74, 6) is 1.17. The topological polar surface area (TPSA) is 60.7 Å². The van der Waals surface area contributed by atoms with Crippen molar-refractivity contribution in [3.05, 3.63) is 34.9 Å². The monoisotopic (exact) mass is 402 g/mol. The summed E-state index contributed by atoms with van der Waals surface area (Å²) in [4.78, 5) is 0. The highest BCUT2D eigenvalue weighted by Crippen LogP contribution is 2.57. The van der Waals surface area contributed by atoms with Gasteiger partial charge in [0.2, 0.25) is 0 Å². The van der Waals surface area contributed by atoms with Crippen molar-refractivity contribution in [1.82, 2.24) is 0 Å². The number of aliphatic hydroxyl groups is 3. The Hall–Kier alpha value is -0.900. The zero-order valence-corrected chi connectivity index (χ0v) is 19.0. The quantitative estimate of drug-likeness (QED) is 0.517. The molecule has 3 N–H and O–H groups in total. The molecule has 0 spiro atoms. The minimum atomic E-state index is -0.565. The summed E-state index contributed by atoms with van der Waals surface area (Å²) in [5, 5.41) is 29.9. The molecule has 0 aromatic rings. The predicted octanol–water partition coefficient (Wildman–Crippen LogP) is 5.46. The lowest BCUT2D eigenvalue weighted by Crippen LogP contribution is -2.32. The van der Waals surface area contributed by atoms with E-state index >= 15 is 0 Å². The number of aliphatic hydroxyl groups excluding tert-OH is 2. The van der Waals surface area contributed by atoms with Gasteiger partial charge in [-0.05, 0) is 88.9 Å². The molecule has 0 aliphatic heterocycles. The Morgan fingerprint density at radius 3 is 2.55 bits per heavy atom. The average molecular weight is 403 g/mol. The van der Waals surface area contributed by atoms with Gasteiger partial charge in [0, 0.05) is 0 Å². The van der Waals surface area contributed by atoms with E-state index in [1.807, 2.05) is 13.8 Å². The van der Waals surface area contributed by atoms with Crippen LogP contribution in [0.3, 0.4) is 0 Å². The van der Waals surface area contributed by atoms with Crippen LogP contribution < -0.4 is 0 Å². The lowest BCUT2D eigenvalue weighted by atomic mass is 9.62. The Kier molecular flexibility index (Phi) is 7.13. The van der Waals surface area contributed by atoms with E-state index in [0.717, 1.165) is 25.7 Å². The van der Waals surface area contributed by atoms with Crippen LogP contribution in [0.2, 0.25) is 0 Å². The zero-order chi connectivity index (χ0) is 21.2. The van der Waals surface area contributed by atoms with E-state index in [-0.39, 0.29) is 5.41 Å². The third-order valence-electron chi connectivity index (χ3n) is 7.64. The van der Waals surface area contributed by atoms with Crippen LogP contribution in [0.5, 0.6) is 0 Å². The number of hydrogen-bond acceptors (Lipinski definition) is 3. The van der Waals surface area contributed by atoms with Gasteiger partial charge in [0.05, 0.1) is 17.8 Å². The SMILES string of the molecule is CC(CCCC(C)(C)O)C1=CCC2C(=CC=C3CC(O)C[C@H](O)C3)CCC[C@]12C. The van der Waals surface area contributed by atoms with Crippen molar-refractivity contribution in [2.75, 3.05) is 0 Å². The van der Waals surface area contributed by atoms with Crippen LogP contribution in [0.15, 0.2) is 34.9 Å². The molecule has 0 aromatic heterocycles. The second-order valence-electron chi connectivity index (χ2n) is 10.8. The molecule has 2 saturated carbocycles. The van der Waals surface area contributed by atoms with Crippen LogP contribution in [0, 0.1) is 17.3 Å². The molecule has 2 fully saturated rings. The molecule has 0 amide bonds. The first kappa shape index (κ1) is 22.8. The fraction of sp³-hybridized carbons (Fsp3) is 0.769. The number of rotatable bonds is 6. The second-order valence-corrected chi connectivity index (χ2v) is 10.8. The van der Waals surface area contributed by atoms with Gasteiger partial charge in [-0.15, -0.1) is 0 Å². The summed E-state index contributed by atoms with van der Waals surface area (Å²) in [6.07, 6.45) is 16.0. The van der Waals surface area contributed by atoms with E-state index in [4.69, 9.17) is 0 Å². The van der Waals surface area contributed by atoms with Gasteiger partial charge in [0.1, 0.15) is 0 Å². The van der Waals surface area contributed by atoms with Gasteiger partial charge in [-0.1, -0.05) is 55.2 Å². The van der Waals surface area contributed by atoms with Crippen LogP contribution in [0.25, 0.3) is 0 Å². The van der Waals surface area contributed by atoms with E-state index < -0.39 is 17.8 Å². The molecule has 3 heteroatoms. The minimum Gasteiger partial charge on any atom is -0.393 e. The Bertz CT molecular complexity index is 654. The lowest BCUT2D eigenvalue weighted by molar-refractivity contribution is 0.0608. The Morgan fingerprint density at radius 1 is 1.21 bits per heavy atom. The molecule has 3 rings (SSSR count). The molecule has 3 nitrogen and oxygen atoms in total. The van der Waals surface area contributed by atoms with Gasteiger partial charge in [-0.3, -0.25) is 0 Å². The highest BCUT2D eigenvalue weighted by Gasteiger charge is 2.45. The second kappa shape index (κ2) is 9.08. The van der Waals surface area contributed by atoms with Crippen LogP contribution in [-0.4, -0.2) is 33.1 Å². The highest BCUT2D eigenvalue weighted by molar-refractivity contribution is 5.34. The summed E-state index contributed by atoms with van der Waals surface area (Å²) in [5.41, 5.74) is 4.07. The van der Waals surface area contributed by atoms with Crippen molar-refractivity contribution in [3.8, 4) is 0 Å². The summed E-state index contributed by atoms with van der Waals surface area (Å²) >= 11 is 0. The largest absolute Gasteiger partial charge is 0.393 e. The van der Waals surface area contributed by atoms with Gasteiger partial charge in [0.15, 0.2) is 0 Å². The zero-order valence-electron chi connectivity index (χ0n) is 19.0. The molecule has 0 radical (unpaired) electrons. The van der Waals surface area contributed by atoms with Gasteiger partial charge in [0.25, 0.3) is 0 Å². The molecule has 0 saturated heterocycles. The van der Waals surface area contributed by atoms with Crippen molar-refractivity contribution in [2.24, 2.45) is 17.3 Å². The van der Waals surface area contributed by atoms with Crippen LogP contribution >= 0.6 is 0 Å². The maximum absolute atomic E-state index is 10.0. The molecule has 3 aliphatic carbocycles. The normalized spacial score (nSPS) is 36.9. The molecule has 0 aromatic carbocycles. The predicted molar refractivity (Wildman–Crippen MR) is 119 cm³/mol. The molecule has 29 heavy (non-hydrogen) atoms. The molecule has 0 heterocycles. The fourth-order valence-electron chi connectivity index (χ4n) is 6.14. The molecular formula is C26H42O3. The number of fused-ring (bicyclic) bond motifs is 1. The molecule has 164 valence electrons. The van der Waals surface area contributed by atoms with E-state index in [0.29, 0.717) is 31.1 Å². The first-order valence-electron chi connectivity index (χ1n) is 11.8. The molecule has 0 bridgehead atoms. The van der Waals surface area contributed by atoms with Crippen molar-refractivity contribution >= 4 is 0 Å². The fourth-order valence-corrected chi connectivity index (χ4v) is 6.14. The van der Waals surface area contributed by atoms with E-state index in [9.17, 15) is 15.3 Å². The van der Waals surface area contributed by atoms with Crippen LogP contribution in [0.1, 0.15) is 91.9 Å². The minimum absolute atomic E-state index is 0.266. The third kappa shape index (κ3) is 5.62. The van der Waals surface area contributed by atoms with Crippen molar-refractivity contribution in [1.29, 1.82) is 0 Å². The van der Waals surface area contributed by atoms with Gasteiger partial charge in [-0.25, -0.2) is 0 Å². The summed E-state index contributed by atoms with van der Waals surface area (Å²) < 4.78 is 0. The first-order valence-corrected chi connectivity index (χ1v) is 11.8. The maximum Gasteiger partial charge on any atom is 0.0602 e. The van der Waals surface area contributed by atoms with E-state index in [1.54, 1.807) is 11.1 Å². The first-order chi connectivity index (χ1) is 13.6. The van der Waals surface area contributed by atoms with Gasteiger partial charge in [-0.2, -0.15) is 0 Å². The number of allylic oxidation sites excluding steroid dienone is 5. The highest BCUT2D eigenvalue weighted by atomic mass is 16.3. The smallest absolute Gasteiger partial charge is 0.0602 e. The molecular weight excluding hydrogens is 360 g/mol. The molecule has 3 unspecified atom stereocenters. The Labute approximate surface area is 177 Å². The Morgan fingerprint density at radius 2 is 1.90 bits per heavy atom. The van der Waals surface area contributed by atoms with Crippen molar-refractivity contribution in [2.45, 2.75) is 110 Å². The summed E-state index contributed by atoms with van der Waals surface area (Å²) in [6.45, 7) is 8.65. The standard InChI is InChI=1S/C26H42O3/c1-18(7-5-13-25(2,3)29)23-11-12-24-20(8-6-14-26(23,24)4)10-9-19-15-21(27)17-22(28)16-19/h9-11,18,21-22,24,27-29H,5-8,12-17H2,1-4H3/t18?,21-,22?,24?,26-/m1/s1. The lowest BCUT2D eigenvalue weighted by Gasteiger charge is -2.42. The van der Waals surface area contributed by atoms with Crippen LogP contribution in [0.4, 0.5) is 0 Å². The summed E-state index contributed by atoms with van der Waals surface area (Å²) in [6, 6.07) is 0. The average Bonchev–Trinajstić information content (AvgIpc) is 2.95. The van der Waals surface area contributed by atoms with Crippen LogP contribution in [-0.2, 0) is 0 Å².